The summed E-state index contributed by atoms with van der Waals surface area (Å²) in [6.45, 7) is 2.07. The molecule has 4 heteroatoms. The first-order valence-electron chi connectivity index (χ1n) is 9.95. The summed E-state index contributed by atoms with van der Waals surface area (Å²) in [6, 6.07) is 17.7. The van der Waals surface area contributed by atoms with E-state index in [4.69, 9.17) is 16.6 Å². The van der Waals surface area contributed by atoms with Crippen LogP contribution in [0.5, 0.6) is 0 Å². The van der Waals surface area contributed by atoms with Crippen molar-refractivity contribution in [3.8, 4) is 11.4 Å². The van der Waals surface area contributed by atoms with Gasteiger partial charge in [0.2, 0.25) is 0 Å². The lowest BCUT2D eigenvalue weighted by atomic mass is 9.92. The Morgan fingerprint density at radius 2 is 1.67 bits per heavy atom. The quantitative estimate of drug-likeness (QED) is 0.673. The number of benzene rings is 2. The fourth-order valence-corrected chi connectivity index (χ4v) is 5.93. The van der Waals surface area contributed by atoms with Gasteiger partial charge in [0.15, 0.2) is 0 Å². The second-order valence-electron chi connectivity index (χ2n) is 8.12. The van der Waals surface area contributed by atoms with Crippen molar-refractivity contribution in [1.82, 2.24) is 14.9 Å². The topological polar surface area (TPSA) is 31.9 Å². The van der Waals surface area contributed by atoms with Gasteiger partial charge in [-0.1, -0.05) is 48.0 Å². The molecule has 1 aromatic heterocycles. The number of fused-ring (bicyclic) bond motifs is 6. The molecule has 1 aliphatic heterocycles. The Bertz CT molecular complexity index is 993. The average Bonchev–Trinajstić information content (AvgIpc) is 3.39. The highest BCUT2D eigenvalue weighted by Crippen LogP contribution is 2.55. The largest absolute Gasteiger partial charge is 0.340 e. The van der Waals surface area contributed by atoms with E-state index >= 15 is 0 Å². The number of aromatic nitrogens is 2. The van der Waals surface area contributed by atoms with Crippen LogP contribution in [0.15, 0.2) is 48.5 Å². The smallest absolute Gasteiger partial charge is 0.139 e. The van der Waals surface area contributed by atoms with Gasteiger partial charge in [-0.2, -0.15) is 0 Å². The van der Waals surface area contributed by atoms with Crippen LogP contribution in [0.2, 0.25) is 5.02 Å². The van der Waals surface area contributed by atoms with Crippen LogP contribution in [-0.2, 0) is 13.0 Å². The first-order valence-corrected chi connectivity index (χ1v) is 10.3. The zero-order valence-corrected chi connectivity index (χ0v) is 15.9. The van der Waals surface area contributed by atoms with Crippen LogP contribution in [0.1, 0.15) is 47.2 Å². The highest BCUT2D eigenvalue weighted by atomic mass is 35.5. The van der Waals surface area contributed by atoms with Crippen molar-refractivity contribution in [1.29, 1.82) is 0 Å². The maximum atomic E-state index is 6.38. The number of halogens is 1. The molecule has 3 aliphatic rings. The Hall–Kier alpha value is -2.10. The van der Waals surface area contributed by atoms with E-state index in [0.717, 1.165) is 35.9 Å². The monoisotopic (exact) mass is 375 g/mol. The molecule has 1 N–H and O–H groups in total. The zero-order chi connectivity index (χ0) is 18.0. The normalized spacial score (nSPS) is 26.2. The van der Waals surface area contributed by atoms with E-state index in [1.807, 2.05) is 24.3 Å². The minimum absolute atomic E-state index is 0.655. The van der Waals surface area contributed by atoms with E-state index in [1.54, 1.807) is 11.1 Å². The SMILES string of the molecule is Clc1ccccc1-c1nc2c([nH]1)CN(C1C3CCC1c1ccccc13)CC2. The van der Waals surface area contributed by atoms with Gasteiger partial charge in [0.25, 0.3) is 0 Å². The predicted octanol–water partition coefficient (Wildman–Crippen LogP) is 5.13. The fourth-order valence-electron chi connectivity index (χ4n) is 5.71. The van der Waals surface area contributed by atoms with Crippen molar-refractivity contribution < 1.29 is 0 Å². The lowest BCUT2D eigenvalue weighted by Gasteiger charge is -2.34. The predicted molar refractivity (Wildman–Crippen MR) is 108 cm³/mol. The molecule has 2 aliphatic carbocycles. The van der Waals surface area contributed by atoms with E-state index in [-0.39, 0.29) is 0 Å². The van der Waals surface area contributed by atoms with E-state index in [0.29, 0.717) is 17.9 Å². The van der Waals surface area contributed by atoms with E-state index in [1.165, 1.54) is 24.2 Å². The molecule has 2 aromatic carbocycles. The molecule has 27 heavy (non-hydrogen) atoms. The number of H-pyrrole nitrogens is 1. The summed E-state index contributed by atoms with van der Waals surface area (Å²) in [5.41, 5.74) is 6.68. The number of rotatable bonds is 2. The number of nitrogens with zero attached hydrogens (tertiary/aromatic N) is 2. The Labute approximate surface area is 164 Å². The van der Waals surface area contributed by atoms with Crippen molar-refractivity contribution in [2.24, 2.45) is 0 Å². The number of imidazole rings is 1. The minimum Gasteiger partial charge on any atom is -0.340 e. The third-order valence-corrected chi connectivity index (χ3v) is 7.15. The van der Waals surface area contributed by atoms with Crippen molar-refractivity contribution >= 4 is 11.6 Å². The van der Waals surface area contributed by atoms with Crippen LogP contribution in [0.4, 0.5) is 0 Å². The second-order valence-corrected chi connectivity index (χ2v) is 8.53. The van der Waals surface area contributed by atoms with Crippen molar-refractivity contribution in [3.63, 3.8) is 0 Å². The lowest BCUT2D eigenvalue weighted by Crippen LogP contribution is -2.41. The van der Waals surface area contributed by atoms with Crippen LogP contribution >= 0.6 is 11.6 Å². The van der Waals surface area contributed by atoms with Gasteiger partial charge in [-0.05, 0) is 36.1 Å². The van der Waals surface area contributed by atoms with Crippen LogP contribution < -0.4 is 0 Å². The average molecular weight is 376 g/mol. The Kier molecular flexibility index (Phi) is 3.51. The van der Waals surface area contributed by atoms with Gasteiger partial charge in [-0.3, -0.25) is 4.90 Å². The maximum absolute atomic E-state index is 6.38. The molecular weight excluding hydrogens is 354 g/mol. The van der Waals surface area contributed by atoms with Gasteiger partial charge >= 0.3 is 0 Å². The van der Waals surface area contributed by atoms with Crippen LogP contribution in [0, 0.1) is 0 Å². The number of hydrogen-bond donors (Lipinski definition) is 1. The highest BCUT2D eigenvalue weighted by Gasteiger charge is 2.48. The standard InChI is InChI=1S/C23H22ClN3/c24-19-8-4-3-7-18(19)23-25-20-11-12-27(13-21(20)26-23)22-16-9-10-17(22)15-6-2-1-5-14(15)16/h1-8,16-17,22H,9-13H2,(H,25,26). The number of hydrogen-bond acceptors (Lipinski definition) is 2. The Balaban J connectivity index is 1.31. The zero-order valence-electron chi connectivity index (χ0n) is 15.2. The van der Waals surface area contributed by atoms with E-state index in [9.17, 15) is 0 Å². The van der Waals surface area contributed by atoms with Gasteiger partial charge in [-0.15, -0.1) is 0 Å². The molecule has 0 spiro atoms. The summed E-state index contributed by atoms with van der Waals surface area (Å²) in [7, 11) is 0. The molecular formula is C23H22ClN3. The molecule has 136 valence electrons. The minimum atomic E-state index is 0.655. The molecule has 3 nitrogen and oxygen atoms in total. The van der Waals surface area contributed by atoms with Crippen molar-refractivity contribution in [3.05, 3.63) is 76.1 Å². The molecule has 1 saturated carbocycles. The maximum Gasteiger partial charge on any atom is 0.139 e. The summed E-state index contributed by atoms with van der Waals surface area (Å²) in [5, 5.41) is 0.754. The molecule has 3 aromatic rings. The molecule has 2 unspecified atom stereocenters. The van der Waals surface area contributed by atoms with Crippen LogP contribution in [0.25, 0.3) is 11.4 Å². The Morgan fingerprint density at radius 3 is 2.41 bits per heavy atom. The first kappa shape index (κ1) is 15.9. The van der Waals surface area contributed by atoms with E-state index in [2.05, 4.69) is 34.1 Å². The third-order valence-electron chi connectivity index (χ3n) is 6.82. The molecule has 0 amide bonds. The van der Waals surface area contributed by atoms with Crippen molar-refractivity contribution in [2.45, 2.75) is 43.7 Å². The third kappa shape index (κ3) is 2.35. The molecule has 1 fully saturated rings. The lowest BCUT2D eigenvalue weighted by molar-refractivity contribution is 0.161. The fraction of sp³-hybridized carbons (Fsp3) is 0.348. The summed E-state index contributed by atoms with van der Waals surface area (Å²) in [5.74, 6) is 2.32. The molecule has 0 radical (unpaired) electrons. The van der Waals surface area contributed by atoms with E-state index < -0.39 is 0 Å². The van der Waals surface area contributed by atoms with Crippen LogP contribution in [-0.4, -0.2) is 27.5 Å². The summed E-state index contributed by atoms with van der Waals surface area (Å²) in [4.78, 5) is 11.2. The summed E-state index contributed by atoms with van der Waals surface area (Å²) in [6.07, 6.45) is 3.69. The summed E-state index contributed by atoms with van der Waals surface area (Å²) >= 11 is 6.38. The molecule has 2 bridgehead atoms. The molecule has 0 saturated heterocycles. The van der Waals surface area contributed by atoms with Gasteiger partial charge < -0.3 is 4.98 Å². The number of aromatic amines is 1. The Morgan fingerprint density at radius 1 is 0.963 bits per heavy atom. The summed E-state index contributed by atoms with van der Waals surface area (Å²) < 4.78 is 0. The van der Waals surface area contributed by atoms with Gasteiger partial charge in [0, 0.05) is 43.0 Å². The second kappa shape index (κ2) is 5.95. The molecule has 2 heterocycles. The number of nitrogens with one attached hydrogen (secondary N) is 1. The van der Waals surface area contributed by atoms with Gasteiger partial charge in [0.1, 0.15) is 5.82 Å². The molecule has 6 rings (SSSR count). The van der Waals surface area contributed by atoms with Gasteiger partial charge in [0.05, 0.1) is 16.4 Å². The van der Waals surface area contributed by atoms with Crippen LogP contribution in [0.3, 0.4) is 0 Å². The first-order chi connectivity index (χ1) is 13.3. The van der Waals surface area contributed by atoms with Gasteiger partial charge in [-0.25, -0.2) is 4.98 Å². The van der Waals surface area contributed by atoms with Crippen molar-refractivity contribution in [2.75, 3.05) is 6.54 Å². The highest BCUT2D eigenvalue weighted by molar-refractivity contribution is 6.33. The molecule has 2 atom stereocenters.